The zero-order chi connectivity index (χ0) is 17.7. The number of ketones is 1. The van der Waals surface area contributed by atoms with Gasteiger partial charge in [0.15, 0.2) is 5.78 Å². The van der Waals surface area contributed by atoms with Crippen molar-refractivity contribution in [3.05, 3.63) is 41.6 Å². The summed E-state index contributed by atoms with van der Waals surface area (Å²) < 4.78 is 6.45. The first-order chi connectivity index (χ1) is 11.4. The van der Waals surface area contributed by atoms with Gasteiger partial charge in [-0.2, -0.15) is 0 Å². The normalized spacial score (nSPS) is 10.1. The Morgan fingerprint density at radius 1 is 1.29 bits per heavy atom. The third-order valence-corrected chi connectivity index (χ3v) is 3.20. The number of methoxy groups -OCH3 is 1. The highest BCUT2D eigenvalue weighted by atomic mass is 16.5. The summed E-state index contributed by atoms with van der Waals surface area (Å²) in [6, 6.07) is 6.57. The van der Waals surface area contributed by atoms with E-state index in [4.69, 9.17) is 4.74 Å². The average molecular weight is 330 g/mol. The highest BCUT2D eigenvalue weighted by molar-refractivity contribution is 6.01. The monoisotopic (exact) mass is 330 g/mol. The summed E-state index contributed by atoms with van der Waals surface area (Å²) in [7, 11) is 3.07. The topological polar surface area (TPSA) is 102 Å². The van der Waals surface area contributed by atoms with E-state index in [2.05, 4.69) is 15.7 Å². The average Bonchev–Trinajstić information content (AvgIpc) is 2.94. The number of anilines is 1. The van der Waals surface area contributed by atoms with E-state index in [1.54, 1.807) is 31.3 Å². The van der Waals surface area contributed by atoms with Crippen LogP contribution in [-0.4, -0.2) is 41.0 Å². The molecule has 2 rings (SSSR count). The number of nitrogens with one attached hydrogen (secondary N) is 2. The predicted molar refractivity (Wildman–Crippen MR) is 87.2 cm³/mol. The van der Waals surface area contributed by atoms with E-state index in [0.29, 0.717) is 11.3 Å². The van der Waals surface area contributed by atoms with Crippen molar-refractivity contribution in [3.63, 3.8) is 0 Å². The van der Waals surface area contributed by atoms with Gasteiger partial charge in [-0.05, 0) is 19.1 Å². The number of hydrogen-bond donors (Lipinski definition) is 2. The number of Topliss-reactive ketones (excluding diaryl/α,β-unsaturated/α-hetero) is 1. The predicted octanol–water partition coefficient (Wildman–Crippen LogP) is 1.000. The van der Waals surface area contributed by atoms with E-state index in [-0.39, 0.29) is 23.8 Å². The van der Waals surface area contributed by atoms with Crippen LogP contribution in [0.4, 0.5) is 5.69 Å². The molecule has 24 heavy (non-hydrogen) atoms. The van der Waals surface area contributed by atoms with E-state index in [1.807, 2.05) is 0 Å². The summed E-state index contributed by atoms with van der Waals surface area (Å²) in [5, 5.41) is 9.09. The largest absolute Gasteiger partial charge is 0.479 e. The molecule has 2 amide bonds. The van der Waals surface area contributed by atoms with Crippen LogP contribution in [0.15, 0.2) is 30.5 Å². The number of hydrogen-bond acceptors (Lipinski definition) is 5. The molecule has 0 aliphatic heterocycles. The first kappa shape index (κ1) is 17.2. The molecular weight excluding hydrogens is 312 g/mol. The first-order valence-corrected chi connectivity index (χ1v) is 7.17. The molecule has 0 aliphatic rings. The van der Waals surface area contributed by atoms with Gasteiger partial charge in [-0.25, -0.2) is 0 Å². The van der Waals surface area contributed by atoms with E-state index in [0.717, 1.165) is 0 Å². The molecule has 0 aliphatic carbocycles. The molecule has 0 saturated heterocycles. The Morgan fingerprint density at radius 2 is 2.04 bits per heavy atom. The lowest BCUT2D eigenvalue weighted by Gasteiger charge is -2.07. The minimum absolute atomic E-state index is 0.0944. The standard InChI is InChI=1S/C16H18N4O4/c1-10(21)11-5-4-6-12(7-11)18-14(22)8-17-15(23)13-9-20(2)19-16(13)24-3/h4-7,9H,8H2,1-3H3,(H,17,23)(H,18,22). The Morgan fingerprint density at radius 3 is 2.71 bits per heavy atom. The molecule has 1 aromatic heterocycles. The Labute approximate surface area is 138 Å². The second kappa shape index (κ2) is 7.40. The summed E-state index contributed by atoms with van der Waals surface area (Å²) in [6.07, 6.45) is 1.50. The number of aromatic nitrogens is 2. The molecule has 8 heteroatoms. The summed E-state index contributed by atoms with van der Waals surface area (Å²) in [5.41, 5.74) is 1.23. The fourth-order valence-electron chi connectivity index (χ4n) is 2.05. The van der Waals surface area contributed by atoms with Gasteiger partial charge in [0.1, 0.15) is 5.56 Å². The molecule has 0 fully saturated rings. The van der Waals surface area contributed by atoms with Crippen LogP contribution in [0, 0.1) is 0 Å². The molecule has 0 spiro atoms. The lowest BCUT2D eigenvalue weighted by atomic mass is 10.1. The number of carbonyl (C=O) groups is 3. The molecule has 126 valence electrons. The van der Waals surface area contributed by atoms with Crippen LogP contribution in [0.5, 0.6) is 5.88 Å². The Bertz CT molecular complexity index is 782. The van der Waals surface area contributed by atoms with Gasteiger partial charge in [0.25, 0.3) is 5.91 Å². The van der Waals surface area contributed by atoms with Gasteiger partial charge >= 0.3 is 0 Å². The van der Waals surface area contributed by atoms with Gasteiger partial charge in [-0.3, -0.25) is 19.1 Å². The van der Waals surface area contributed by atoms with Crippen LogP contribution >= 0.6 is 0 Å². The van der Waals surface area contributed by atoms with Gasteiger partial charge in [-0.1, -0.05) is 12.1 Å². The summed E-state index contributed by atoms with van der Waals surface area (Å²) in [4.78, 5) is 35.3. The lowest BCUT2D eigenvalue weighted by Crippen LogP contribution is -2.32. The zero-order valence-corrected chi connectivity index (χ0v) is 13.6. The van der Waals surface area contributed by atoms with Crippen LogP contribution in [0.2, 0.25) is 0 Å². The van der Waals surface area contributed by atoms with Crippen molar-refractivity contribution in [3.8, 4) is 5.88 Å². The second-order valence-corrected chi connectivity index (χ2v) is 5.09. The number of aryl methyl sites for hydroxylation is 1. The third-order valence-electron chi connectivity index (χ3n) is 3.20. The highest BCUT2D eigenvalue weighted by Gasteiger charge is 2.17. The van der Waals surface area contributed by atoms with Crippen molar-refractivity contribution in [2.24, 2.45) is 7.05 Å². The van der Waals surface area contributed by atoms with Gasteiger partial charge in [0.2, 0.25) is 11.8 Å². The SMILES string of the molecule is COc1nn(C)cc1C(=O)NCC(=O)Nc1cccc(C(C)=O)c1. The van der Waals surface area contributed by atoms with Crippen LogP contribution in [0.3, 0.4) is 0 Å². The smallest absolute Gasteiger partial charge is 0.258 e. The minimum atomic E-state index is -0.465. The number of benzene rings is 1. The molecule has 1 aromatic carbocycles. The minimum Gasteiger partial charge on any atom is -0.479 e. The molecule has 0 atom stereocenters. The van der Waals surface area contributed by atoms with Crippen molar-refractivity contribution in [1.29, 1.82) is 0 Å². The fraction of sp³-hybridized carbons (Fsp3) is 0.250. The van der Waals surface area contributed by atoms with Gasteiger partial charge in [0, 0.05) is 24.5 Å². The van der Waals surface area contributed by atoms with Gasteiger partial charge in [-0.15, -0.1) is 5.10 Å². The molecule has 0 saturated carbocycles. The maximum atomic E-state index is 12.1. The van der Waals surface area contributed by atoms with Crippen molar-refractivity contribution in [2.45, 2.75) is 6.92 Å². The Balaban J connectivity index is 1.94. The first-order valence-electron chi connectivity index (χ1n) is 7.17. The zero-order valence-electron chi connectivity index (χ0n) is 13.6. The quantitative estimate of drug-likeness (QED) is 0.769. The van der Waals surface area contributed by atoms with Crippen molar-refractivity contribution >= 4 is 23.3 Å². The number of amides is 2. The van der Waals surface area contributed by atoms with Gasteiger partial charge < -0.3 is 15.4 Å². The Hall–Kier alpha value is -3.16. The van der Waals surface area contributed by atoms with E-state index in [9.17, 15) is 14.4 Å². The van der Waals surface area contributed by atoms with Crippen molar-refractivity contribution in [2.75, 3.05) is 19.0 Å². The highest BCUT2D eigenvalue weighted by Crippen LogP contribution is 2.14. The fourth-order valence-corrected chi connectivity index (χ4v) is 2.05. The van der Waals surface area contributed by atoms with Crippen LogP contribution in [0.1, 0.15) is 27.6 Å². The van der Waals surface area contributed by atoms with E-state index in [1.165, 1.54) is 24.9 Å². The maximum Gasteiger partial charge on any atom is 0.258 e. The molecule has 1 heterocycles. The molecule has 0 radical (unpaired) electrons. The summed E-state index contributed by atoms with van der Waals surface area (Å²) in [5.74, 6) is -0.785. The molecule has 2 aromatic rings. The van der Waals surface area contributed by atoms with Crippen molar-refractivity contribution in [1.82, 2.24) is 15.1 Å². The number of carbonyl (C=O) groups excluding carboxylic acids is 3. The molecule has 0 unspecified atom stereocenters. The summed E-state index contributed by atoms with van der Waals surface area (Å²) >= 11 is 0. The summed E-state index contributed by atoms with van der Waals surface area (Å²) in [6.45, 7) is 1.23. The molecule has 2 N–H and O–H groups in total. The maximum absolute atomic E-state index is 12.1. The van der Waals surface area contributed by atoms with E-state index < -0.39 is 11.8 Å². The molecule has 8 nitrogen and oxygen atoms in total. The van der Waals surface area contributed by atoms with Crippen LogP contribution < -0.4 is 15.4 Å². The number of rotatable bonds is 6. The molecule has 0 bridgehead atoms. The van der Waals surface area contributed by atoms with E-state index >= 15 is 0 Å². The third kappa shape index (κ3) is 4.19. The molecular formula is C16H18N4O4. The van der Waals surface area contributed by atoms with Crippen LogP contribution in [0.25, 0.3) is 0 Å². The lowest BCUT2D eigenvalue weighted by molar-refractivity contribution is -0.115. The number of nitrogens with zero attached hydrogens (tertiary/aromatic N) is 2. The second-order valence-electron chi connectivity index (χ2n) is 5.09. The Kier molecular flexibility index (Phi) is 5.31. The van der Waals surface area contributed by atoms with Crippen molar-refractivity contribution < 1.29 is 19.1 Å². The van der Waals surface area contributed by atoms with Gasteiger partial charge in [0.05, 0.1) is 13.7 Å². The number of ether oxygens (including phenoxy) is 1. The van der Waals surface area contributed by atoms with Crippen LogP contribution in [-0.2, 0) is 11.8 Å².